The minimum atomic E-state index is -0.812. The van der Waals surface area contributed by atoms with Gasteiger partial charge in [0, 0.05) is 11.1 Å². The summed E-state index contributed by atoms with van der Waals surface area (Å²) in [6.07, 6.45) is 3.50. The smallest absolute Gasteiger partial charge is 0.230 e. The van der Waals surface area contributed by atoms with Gasteiger partial charge in [-0.1, -0.05) is 54.6 Å². The Bertz CT molecular complexity index is 1120. The molecule has 0 spiro atoms. The second-order valence-corrected chi connectivity index (χ2v) is 8.30. The summed E-state index contributed by atoms with van der Waals surface area (Å²) in [7, 11) is 0. The van der Waals surface area contributed by atoms with E-state index in [1.807, 2.05) is 30.3 Å². The molecule has 1 saturated carbocycles. The molecular formula is C26H22O3. The lowest BCUT2D eigenvalue weighted by molar-refractivity contribution is -0.119. The molecule has 0 saturated heterocycles. The predicted molar refractivity (Wildman–Crippen MR) is 112 cm³/mol. The van der Waals surface area contributed by atoms with E-state index < -0.39 is 17.5 Å². The minimum absolute atomic E-state index is 0.0430. The van der Waals surface area contributed by atoms with Crippen molar-refractivity contribution in [3.05, 3.63) is 83.4 Å². The molecule has 0 aromatic heterocycles. The zero-order valence-electron chi connectivity index (χ0n) is 16.1. The first-order valence-corrected chi connectivity index (χ1v) is 10.3. The second kappa shape index (κ2) is 7.07. The van der Waals surface area contributed by atoms with E-state index >= 15 is 0 Å². The highest BCUT2D eigenvalue weighted by molar-refractivity contribution is 6.52. The van der Waals surface area contributed by atoms with E-state index in [0.29, 0.717) is 11.5 Å². The molecule has 0 bridgehead atoms. The van der Waals surface area contributed by atoms with Gasteiger partial charge in [-0.2, -0.15) is 0 Å². The molecule has 0 N–H and O–H groups in total. The molecule has 0 amide bonds. The fourth-order valence-corrected chi connectivity index (χ4v) is 5.13. The third kappa shape index (κ3) is 3.02. The Hall–Kier alpha value is -3.07. The predicted octanol–water partition coefficient (Wildman–Crippen LogP) is 5.38. The molecule has 2 aliphatic rings. The maximum atomic E-state index is 13.3. The maximum Gasteiger partial charge on any atom is 0.230 e. The largest absolute Gasteiger partial charge is 0.293 e. The van der Waals surface area contributed by atoms with Crippen molar-refractivity contribution in [2.24, 2.45) is 11.8 Å². The van der Waals surface area contributed by atoms with Gasteiger partial charge in [-0.3, -0.25) is 14.4 Å². The van der Waals surface area contributed by atoms with Crippen LogP contribution in [-0.4, -0.2) is 17.3 Å². The highest BCUT2D eigenvalue weighted by Gasteiger charge is 2.45. The number of carbonyl (C=O) groups excluding carboxylic acids is 3. The van der Waals surface area contributed by atoms with Gasteiger partial charge in [0.05, 0.1) is 5.92 Å². The molecule has 1 atom stereocenters. The van der Waals surface area contributed by atoms with Crippen LogP contribution in [0.5, 0.6) is 0 Å². The average Bonchev–Trinajstić information content (AvgIpc) is 2.78. The molecule has 0 heterocycles. The van der Waals surface area contributed by atoms with E-state index in [1.54, 1.807) is 12.1 Å². The zero-order chi connectivity index (χ0) is 20.0. The van der Waals surface area contributed by atoms with Crippen LogP contribution in [0.2, 0.25) is 0 Å². The van der Waals surface area contributed by atoms with Gasteiger partial charge in [0.1, 0.15) is 0 Å². The lowest BCUT2D eigenvalue weighted by atomic mass is 9.67. The van der Waals surface area contributed by atoms with Crippen LogP contribution in [0.3, 0.4) is 0 Å². The third-order valence-electron chi connectivity index (χ3n) is 6.70. The summed E-state index contributed by atoms with van der Waals surface area (Å²) in [6, 6.07) is 21.5. The van der Waals surface area contributed by atoms with Crippen molar-refractivity contribution >= 4 is 28.1 Å². The molecule has 144 valence electrons. The van der Waals surface area contributed by atoms with Crippen LogP contribution in [0, 0.1) is 11.8 Å². The summed E-state index contributed by atoms with van der Waals surface area (Å²) in [5, 5.41) is 1.80. The van der Waals surface area contributed by atoms with Crippen LogP contribution in [-0.2, 0) is 4.79 Å². The van der Waals surface area contributed by atoms with Gasteiger partial charge in [0.2, 0.25) is 11.6 Å². The Labute approximate surface area is 169 Å². The van der Waals surface area contributed by atoms with Crippen LogP contribution < -0.4 is 0 Å². The second-order valence-electron chi connectivity index (χ2n) is 8.30. The summed E-state index contributed by atoms with van der Waals surface area (Å²) in [4.78, 5) is 39.1. The van der Waals surface area contributed by atoms with Crippen molar-refractivity contribution in [3.8, 4) is 0 Å². The van der Waals surface area contributed by atoms with Crippen LogP contribution in [0.15, 0.2) is 66.7 Å². The van der Waals surface area contributed by atoms with Crippen molar-refractivity contribution in [3.63, 3.8) is 0 Å². The number of fused-ring (bicyclic) bond motifs is 2. The molecule has 0 radical (unpaired) electrons. The Morgan fingerprint density at radius 3 is 1.86 bits per heavy atom. The summed E-state index contributed by atoms with van der Waals surface area (Å²) in [5.74, 6) is -1.57. The highest BCUT2D eigenvalue weighted by atomic mass is 16.2. The van der Waals surface area contributed by atoms with Crippen molar-refractivity contribution < 1.29 is 14.4 Å². The Morgan fingerprint density at radius 1 is 0.621 bits per heavy atom. The van der Waals surface area contributed by atoms with Crippen LogP contribution in [0.4, 0.5) is 0 Å². The molecule has 1 unspecified atom stereocenters. The van der Waals surface area contributed by atoms with Crippen LogP contribution >= 0.6 is 0 Å². The van der Waals surface area contributed by atoms with Crippen molar-refractivity contribution in [2.75, 3.05) is 0 Å². The van der Waals surface area contributed by atoms with Gasteiger partial charge >= 0.3 is 0 Å². The molecule has 1 fully saturated rings. The van der Waals surface area contributed by atoms with Gasteiger partial charge in [0.15, 0.2) is 5.78 Å². The SMILES string of the molecule is O=C1C(=O)C(C2CCC(c3ccccc3)CC2)C(=O)c2cc3ccccc3cc21. The first-order valence-electron chi connectivity index (χ1n) is 10.3. The Morgan fingerprint density at radius 2 is 1.21 bits per heavy atom. The lowest BCUT2D eigenvalue weighted by Crippen LogP contribution is -2.42. The molecule has 0 aliphatic heterocycles. The number of hydrogen-bond acceptors (Lipinski definition) is 3. The minimum Gasteiger partial charge on any atom is -0.293 e. The molecule has 2 aliphatic carbocycles. The first-order chi connectivity index (χ1) is 14.1. The number of ketones is 3. The van der Waals surface area contributed by atoms with Gasteiger partial charge in [-0.05, 0) is 66.0 Å². The van der Waals surface area contributed by atoms with E-state index in [4.69, 9.17) is 0 Å². The molecule has 3 aromatic carbocycles. The van der Waals surface area contributed by atoms with E-state index in [1.165, 1.54) is 5.56 Å². The molecule has 3 aromatic rings. The Balaban J connectivity index is 1.43. The van der Waals surface area contributed by atoms with Gasteiger partial charge in [0.25, 0.3) is 0 Å². The fourth-order valence-electron chi connectivity index (χ4n) is 5.13. The van der Waals surface area contributed by atoms with E-state index in [-0.39, 0.29) is 17.3 Å². The fraction of sp³-hybridized carbons (Fsp3) is 0.269. The molecule has 3 nitrogen and oxygen atoms in total. The van der Waals surface area contributed by atoms with Crippen molar-refractivity contribution in [1.82, 2.24) is 0 Å². The van der Waals surface area contributed by atoms with E-state index in [9.17, 15) is 14.4 Å². The third-order valence-corrected chi connectivity index (χ3v) is 6.70. The molecule has 5 rings (SSSR count). The Kier molecular flexibility index (Phi) is 4.39. The number of Topliss-reactive ketones (excluding diaryl/α,β-unsaturated/α-hetero) is 3. The summed E-state index contributed by atoms with van der Waals surface area (Å²) in [5.41, 5.74) is 2.01. The zero-order valence-corrected chi connectivity index (χ0v) is 16.1. The average molecular weight is 382 g/mol. The van der Waals surface area contributed by atoms with Gasteiger partial charge in [-0.25, -0.2) is 0 Å². The maximum absolute atomic E-state index is 13.3. The first kappa shape index (κ1) is 18.0. The highest BCUT2D eigenvalue weighted by Crippen LogP contribution is 2.42. The van der Waals surface area contributed by atoms with Gasteiger partial charge in [-0.15, -0.1) is 0 Å². The quantitative estimate of drug-likeness (QED) is 0.442. The normalized spacial score (nSPS) is 24.6. The number of hydrogen-bond donors (Lipinski definition) is 0. The molecule has 3 heteroatoms. The van der Waals surface area contributed by atoms with E-state index in [0.717, 1.165) is 36.5 Å². The summed E-state index contributed by atoms with van der Waals surface area (Å²) in [6.45, 7) is 0. The number of carbonyl (C=O) groups is 3. The monoisotopic (exact) mass is 382 g/mol. The number of rotatable bonds is 2. The van der Waals surface area contributed by atoms with Crippen LogP contribution in [0.25, 0.3) is 10.8 Å². The number of benzene rings is 3. The molecule has 29 heavy (non-hydrogen) atoms. The lowest BCUT2D eigenvalue weighted by Gasteiger charge is -2.34. The standard InChI is InChI=1S/C26H22O3/c27-24-21-14-19-8-4-5-9-20(19)15-22(21)25(28)26(29)23(24)18-12-10-17(11-13-18)16-6-2-1-3-7-16/h1-9,14-15,17-18,23H,10-13H2. The topological polar surface area (TPSA) is 51.2 Å². The summed E-state index contributed by atoms with van der Waals surface area (Å²) >= 11 is 0. The van der Waals surface area contributed by atoms with Crippen LogP contribution in [0.1, 0.15) is 57.9 Å². The van der Waals surface area contributed by atoms with Crippen molar-refractivity contribution in [2.45, 2.75) is 31.6 Å². The van der Waals surface area contributed by atoms with Gasteiger partial charge < -0.3 is 0 Å². The van der Waals surface area contributed by atoms with Crippen molar-refractivity contribution in [1.29, 1.82) is 0 Å². The summed E-state index contributed by atoms with van der Waals surface area (Å²) < 4.78 is 0. The van der Waals surface area contributed by atoms with E-state index in [2.05, 4.69) is 24.3 Å². The molecular weight excluding hydrogens is 360 g/mol.